The zero-order valence-corrected chi connectivity index (χ0v) is 15.3. The molecule has 0 spiro atoms. The van der Waals surface area contributed by atoms with Gasteiger partial charge < -0.3 is 20.4 Å². The Morgan fingerprint density at radius 2 is 2.09 bits per heavy atom. The van der Waals surface area contributed by atoms with Gasteiger partial charge in [-0.05, 0) is 36.2 Å². The second-order valence-corrected chi connectivity index (χ2v) is 9.64. The summed E-state index contributed by atoms with van der Waals surface area (Å²) >= 11 is 0. The number of urea groups is 1. The van der Waals surface area contributed by atoms with Crippen LogP contribution in [0.1, 0.15) is 26.3 Å². The topological polar surface area (TPSA) is 67.6 Å². The minimum absolute atomic E-state index is 0.00105. The van der Waals surface area contributed by atoms with E-state index >= 15 is 0 Å². The van der Waals surface area contributed by atoms with Crippen molar-refractivity contribution in [1.29, 1.82) is 0 Å². The van der Waals surface area contributed by atoms with Gasteiger partial charge in [-0.2, -0.15) is 0 Å². The molecule has 22 heavy (non-hydrogen) atoms. The fourth-order valence-electron chi connectivity index (χ4n) is 2.52. The summed E-state index contributed by atoms with van der Waals surface area (Å²) in [4.78, 5) is 14.2. The molecule has 0 saturated carbocycles. The summed E-state index contributed by atoms with van der Waals surface area (Å²) in [5.41, 5.74) is 8.33. The molecule has 0 bridgehead atoms. The number of hydrogen-bond acceptors (Lipinski definition) is 3. The Morgan fingerprint density at radius 3 is 2.68 bits per heavy atom. The van der Waals surface area contributed by atoms with Gasteiger partial charge in [-0.3, -0.25) is 0 Å². The number of rotatable bonds is 4. The summed E-state index contributed by atoms with van der Waals surface area (Å²) in [6, 6.07) is 5.57. The average molecular weight is 321 g/mol. The Bertz CT molecular complexity index is 555. The third-order valence-electron chi connectivity index (χ3n) is 3.81. The second kappa shape index (κ2) is 6.30. The molecule has 1 aromatic rings. The molecule has 3 N–H and O–H groups in total. The normalized spacial score (nSPS) is 16.5. The van der Waals surface area contributed by atoms with Gasteiger partial charge in [0.05, 0.1) is 6.10 Å². The predicted molar refractivity (Wildman–Crippen MR) is 93.5 cm³/mol. The number of nitrogens with zero attached hydrogens (tertiary/aromatic N) is 1. The Labute approximate surface area is 134 Å². The van der Waals surface area contributed by atoms with Crippen molar-refractivity contribution in [1.82, 2.24) is 4.90 Å². The van der Waals surface area contributed by atoms with Gasteiger partial charge in [-0.1, -0.05) is 26.8 Å². The van der Waals surface area contributed by atoms with Crippen molar-refractivity contribution in [3.05, 3.63) is 23.8 Å². The van der Waals surface area contributed by atoms with Gasteiger partial charge in [0.25, 0.3) is 0 Å². The highest BCUT2D eigenvalue weighted by Crippen LogP contribution is 2.29. The number of amides is 2. The van der Waals surface area contributed by atoms with E-state index in [1.54, 1.807) is 0 Å². The maximum absolute atomic E-state index is 12.3. The van der Waals surface area contributed by atoms with E-state index in [-0.39, 0.29) is 17.6 Å². The van der Waals surface area contributed by atoms with Crippen LogP contribution >= 0.6 is 0 Å². The Kier molecular flexibility index (Phi) is 4.82. The van der Waals surface area contributed by atoms with Gasteiger partial charge in [0.2, 0.25) is 0 Å². The molecule has 2 rings (SSSR count). The van der Waals surface area contributed by atoms with E-state index in [1.807, 2.05) is 23.1 Å². The first-order valence-corrected chi connectivity index (χ1v) is 10.5. The third kappa shape index (κ3) is 4.01. The van der Waals surface area contributed by atoms with Crippen LogP contribution < -0.4 is 11.1 Å². The maximum atomic E-state index is 12.3. The minimum atomic E-state index is -1.17. The van der Waals surface area contributed by atoms with Crippen LogP contribution in [0.4, 0.5) is 16.2 Å². The molecule has 0 aliphatic carbocycles. The van der Waals surface area contributed by atoms with E-state index in [4.69, 9.17) is 10.2 Å². The summed E-state index contributed by atoms with van der Waals surface area (Å²) in [6.45, 7) is 12.0. The first-order valence-electron chi connectivity index (χ1n) is 7.76. The monoisotopic (exact) mass is 321 g/mol. The van der Waals surface area contributed by atoms with Crippen molar-refractivity contribution in [2.45, 2.75) is 46.5 Å². The summed E-state index contributed by atoms with van der Waals surface area (Å²) in [6.07, 6.45) is 0.0419. The average Bonchev–Trinajstić information content (AvgIpc) is 2.37. The molecule has 0 radical (unpaired) electrons. The van der Waals surface area contributed by atoms with Crippen LogP contribution in [-0.2, 0) is 11.0 Å². The highest BCUT2D eigenvalue weighted by Gasteiger charge is 2.32. The smallest absolute Gasteiger partial charge is 0.322 e. The summed E-state index contributed by atoms with van der Waals surface area (Å²) in [5.74, 6) is 0. The number of carbonyl (C=O) groups is 1. The summed E-state index contributed by atoms with van der Waals surface area (Å²) in [7, 11) is -1.17. The van der Waals surface area contributed by atoms with E-state index in [0.29, 0.717) is 18.8 Å². The van der Waals surface area contributed by atoms with Crippen LogP contribution in [0.25, 0.3) is 0 Å². The standard InChI is InChI=1S/C16H27N3O2Si/c1-16(2,3)14(21-22(4)5)10-19-9-11-6-7-12(17)8-13(11)18-15(19)20/h6-8,14,22H,9-10,17H2,1-5H3,(H,18,20). The summed E-state index contributed by atoms with van der Waals surface area (Å²) < 4.78 is 6.17. The van der Waals surface area contributed by atoms with E-state index in [2.05, 4.69) is 39.2 Å². The first-order chi connectivity index (χ1) is 10.2. The number of hydrogen-bond donors (Lipinski definition) is 2. The molecule has 1 aromatic carbocycles. The Balaban J connectivity index is 2.15. The highest BCUT2D eigenvalue weighted by molar-refractivity contribution is 6.48. The third-order valence-corrected chi connectivity index (χ3v) is 4.69. The Morgan fingerprint density at radius 1 is 1.41 bits per heavy atom. The fraction of sp³-hybridized carbons (Fsp3) is 0.562. The lowest BCUT2D eigenvalue weighted by molar-refractivity contribution is 0.0565. The van der Waals surface area contributed by atoms with Gasteiger partial charge in [0, 0.05) is 24.5 Å². The molecule has 0 fully saturated rings. The zero-order valence-electron chi connectivity index (χ0n) is 14.1. The van der Waals surface area contributed by atoms with Crippen molar-refractivity contribution in [2.75, 3.05) is 17.6 Å². The number of fused-ring (bicyclic) bond motifs is 1. The quantitative estimate of drug-likeness (QED) is 0.661. The largest absolute Gasteiger partial charge is 0.415 e. The minimum Gasteiger partial charge on any atom is -0.415 e. The maximum Gasteiger partial charge on any atom is 0.322 e. The van der Waals surface area contributed by atoms with Crippen molar-refractivity contribution in [2.24, 2.45) is 5.41 Å². The molecule has 1 atom stereocenters. The van der Waals surface area contributed by atoms with Crippen LogP contribution in [-0.4, -0.2) is 32.6 Å². The molecule has 6 heteroatoms. The fourth-order valence-corrected chi connectivity index (χ4v) is 3.67. The van der Waals surface area contributed by atoms with Gasteiger partial charge in [-0.15, -0.1) is 0 Å². The molecule has 0 saturated heterocycles. The molecule has 5 nitrogen and oxygen atoms in total. The molecule has 1 unspecified atom stereocenters. The molecule has 1 aliphatic rings. The SMILES string of the molecule is C[SiH](C)OC(CN1Cc2ccc(N)cc2NC1=O)C(C)(C)C. The number of benzene rings is 1. The number of carbonyl (C=O) groups excluding carboxylic acids is 1. The molecule has 1 heterocycles. The van der Waals surface area contributed by atoms with Crippen molar-refractivity contribution >= 4 is 26.4 Å². The molecule has 122 valence electrons. The molecular formula is C16H27N3O2Si. The van der Waals surface area contributed by atoms with Crippen LogP contribution in [0.2, 0.25) is 13.1 Å². The number of nitrogen functional groups attached to an aromatic ring is 1. The number of anilines is 2. The zero-order chi connectivity index (χ0) is 16.5. The van der Waals surface area contributed by atoms with Crippen LogP contribution in [0.5, 0.6) is 0 Å². The van der Waals surface area contributed by atoms with E-state index in [9.17, 15) is 4.79 Å². The lowest BCUT2D eigenvalue weighted by atomic mass is 9.88. The summed E-state index contributed by atoms with van der Waals surface area (Å²) in [5, 5.41) is 2.92. The lowest BCUT2D eigenvalue weighted by Crippen LogP contribution is -2.48. The first kappa shape index (κ1) is 16.8. The van der Waals surface area contributed by atoms with Crippen LogP contribution in [0.15, 0.2) is 18.2 Å². The van der Waals surface area contributed by atoms with Crippen molar-refractivity contribution in [3.63, 3.8) is 0 Å². The molecule has 2 amide bonds. The van der Waals surface area contributed by atoms with Crippen molar-refractivity contribution < 1.29 is 9.22 Å². The predicted octanol–water partition coefficient (Wildman–Crippen LogP) is 3.03. The van der Waals surface area contributed by atoms with Gasteiger partial charge in [0.15, 0.2) is 9.04 Å². The highest BCUT2D eigenvalue weighted by atomic mass is 28.3. The second-order valence-electron chi connectivity index (χ2n) is 7.27. The van der Waals surface area contributed by atoms with Crippen molar-refractivity contribution in [3.8, 4) is 0 Å². The molecular weight excluding hydrogens is 294 g/mol. The van der Waals surface area contributed by atoms with Crippen LogP contribution in [0, 0.1) is 5.41 Å². The van der Waals surface area contributed by atoms with Crippen LogP contribution in [0.3, 0.4) is 0 Å². The van der Waals surface area contributed by atoms with E-state index < -0.39 is 9.04 Å². The van der Waals surface area contributed by atoms with Gasteiger partial charge >= 0.3 is 6.03 Å². The lowest BCUT2D eigenvalue weighted by Gasteiger charge is -2.38. The van der Waals surface area contributed by atoms with E-state index in [1.165, 1.54) is 0 Å². The van der Waals surface area contributed by atoms with Gasteiger partial charge in [0.1, 0.15) is 0 Å². The Hall–Kier alpha value is -1.53. The number of nitrogens with two attached hydrogens (primary N) is 1. The molecule has 0 aromatic heterocycles. The number of nitrogens with one attached hydrogen (secondary N) is 1. The molecule has 1 aliphatic heterocycles. The van der Waals surface area contributed by atoms with Gasteiger partial charge in [-0.25, -0.2) is 4.79 Å². The van der Waals surface area contributed by atoms with E-state index in [0.717, 1.165) is 11.3 Å².